The van der Waals surface area contributed by atoms with Gasteiger partial charge in [-0.1, -0.05) is 61.2 Å². The third-order valence-electron chi connectivity index (χ3n) is 5.59. The molecule has 1 fully saturated rings. The van der Waals surface area contributed by atoms with Crippen molar-refractivity contribution in [1.29, 1.82) is 0 Å². The first-order chi connectivity index (χ1) is 14.2. The van der Waals surface area contributed by atoms with Crippen LogP contribution in [0.2, 0.25) is 0 Å². The summed E-state index contributed by atoms with van der Waals surface area (Å²) in [6, 6.07) is 16.8. The van der Waals surface area contributed by atoms with Crippen LogP contribution in [0.5, 0.6) is 0 Å². The fourth-order valence-electron chi connectivity index (χ4n) is 4.09. The first kappa shape index (κ1) is 19.7. The topological polar surface area (TPSA) is 51.0 Å². The van der Waals surface area contributed by atoms with Crippen molar-refractivity contribution in [3.63, 3.8) is 0 Å². The molecule has 1 unspecified atom stereocenters. The van der Waals surface area contributed by atoms with Crippen LogP contribution in [0.1, 0.15) is 42.5 Å². The van der Waals surface area contributed by atoms with E-state index in [0.29, 0.717) is 5.75 Å². The molecule has 0 bridgehead atoms. The molecule has 29 heavy (non-hydrogen) atoms. The van der Waals surface area contributed by atoms with Crippen molar-refractivity contribution in [1.82, 2.24) is 19.7 Å². The van der Waals surface area contributed by atoms with Crippen molar-refractivity contribution in [3.8, 4) is 5.69 Å². The van der Waals surface area contributed by atoms with Gasteiger partial charge in [-0.2, -0.15) is 0 Å². The van der Waals surface area contributed by atoms with Crippen LogP contribution in [0, 0.1) is 6.92 Å². The Hall–Kier alpha value is -2.60. The maximum atomic E-state index is 13.1. The molecule has 0 radical (unpaired) electrons. The first-order valence-electron chi connectivity index (χ1n) is 10.1. The highest BCUT2D eigenvalue weighted by Crippen LogP contribution is 2.34. The summed E-state index contributed by atoms with van der Waals surface area (Å²) in [5.74, 6) is 0.536. The number of nitrogens with zero attached hydrogens (tertiary/aromatic N) is 4. The SMILES string of the molecule is CCc1ccccc1-n1cnnc1SCC(=O)N1CCCC1c1ccccc1C. The number of benzene rings is 2. The zero-order chi connectivity index (χ0) is 20.2. The predicted octanol–water partition coefficient (Wildman–Crippen LogP) is 4.59. The summed E-state index contributed by atoms with van der Waals surface area (Å²) >= 11 is 1.46. The Morgan fingerprint density at radius 3 is 2.79 bits per heavy atom. The highest BCUT2D eigenvalue weighted by molar-refractivity contribution is 7.99. The lowest BCUT2D eigenvalue weighted by Gasteiger charge is -2.26. The molecule has 2 aromatic carbocycles. The monoisotopic (exact) mass is 406 g/mol. The lowest BCUT2D eigenvalue weighted by atomic mass is 9.99. The van der Waals surface area contributed by atoms with Crippen molar-refractivity contribution in [3.05, 3.63) is 71.5 Å². The standard InChI is InChI=1S/C23H26N4OS/c1-3-18-10-5-7-12-20(18)27-16-24-25-23(27)29-15-22(28)26-14-8-13-21(26)19-11-6-4-9-17(19)2/h4-7,9-12,16,21H,3,8,13-15H2,1-2H3. The van der Waals surface area contributed by atoms with Gasteiger partial charge in [-0.05, 0) is 48.9 Å². The van der Waals surface area contributed by atoms with Crippen LogP contribution >= 0.6 is 11.8 Å². The van der Waals surface area contributed by atoms with E-state index in [-0.39, 0.29) is 11.9 Å². The second-order valence-electron chi connectivity index (χ2n) is 7.36. The molecule has 5 nitrogen and oxygen atoms in total. The van der Waals surface area contributed by atoms with E-state index in [9.17, 15) is 4.79 Å². The molecule has 0 N–H and O–H groups in total. The van der Waals surface area contributed by atoms with Gasteiger partial charge in [0, 0.05) is 6.54 Å². The number of rotatable bonds is 6. The number of aromatic nitrogens is 3. The summed E-state index contributed by atoms with van der Waals surface area (Å²) in [4.78, 5) is 15.1. The molecule has 6 heteroatoms. The fraction of sp³-hybridized carbons (Fsp3) is 0.348. The van der Waals surface area contributed by atoms with Gasteiger partial charge in [-0.15, -0.1) is 10.2 Å². The number of hydrogen-bond donors (Lipinski definition) is 0. The maximum absolute atomic E-state index is 13.1. The van der Waals surface area contributed by atoms with Gasteiger partial charge < -0.3 is 4.90 Å². The van der Waals surface area contributed by atoms with E-state index in [0.717, 1.165) is 36.7 Å². The Labute approximate surface area is 176 Å². The number of carbonyl (C=O) groups is 1. The van der Waals surface area contributed by atoms with Gasteiger partial charge in [-0.25, -0.2) is 0 Å². The van der Waals surface area contributed by atoms with Crippen molar-refractivity contribution in [2.75, 3.05) is 12.3 Å². The van der Waals surface area contributed by atoms with Crippen molar-refractivity contribution in [2.24, 2.45) is 0 Å². The molecule has 1 atom stereocenters. The molecular formula is C23H26N4OS. The predicted molar refractivity (Wildman–Crippen MR) is 116 cm³/mol. The zero-order valence-corrected chi connectivity index (χ0v) is 17.7. The molecule has 0 aliphatic carbocycles. The Bertz CT molecular complexity index is 1000. The van der Waals surface area contributed by atoms with Gasteiger partial charge in [0.1, 0.15) is 6.33 Å². The molecule has 150 valence electrons. The summed E-state index contributed by atoms with van der Waals surface area (Å²) in [5.41, 5.74) is 4.83. The van der Waals surface area contributed by atoms with E-state index in [1.807, 2.05) is 21.6 Å². The van der Waals surface area contributed by atoms with Crippen LogP contribution in [0.3, 0.4) is 0 Å². The van der Waals surface area contributed by atoms with E-state index in [2.05, 4.69) is 60.4 Å². The van der Waals surface area contributed by atoms with Gasteiger partial charge in [0.15, 0.2) is 5.16 Å². The Kier molecular flexibility index (Phi) is 6.00. The average Bonchev–Trinajstić information content (AvgIpc) is 3.42. The summed E-state index contributed by atoms with van der Waals surface area (Å²) in [6.07, 6.45) is 4.74. The molecule has 1 aliphatic heterocycles. The molecule has 0 spiro atoms. The van der Waals surface area contributed by atoms with E-state index in [4.69, 9.17) is 0 Å². The number of thioether (sulfide) groups is 1. The van der Waals surface area contributed by atoms with Crippen LogP contribution in [0.25, 0.3) is 5.69 Å². The van der Waals surface area contributed by atoms with Gasteiger partial charge in [0.2, 0.25) is 5.91 Å². The lowest BCUT2D eigenvalue weighted by molar-refractivity contribution is -0.129. The minimum atomic E-state index is 0.166. The van der Waals surface area contributed by atoms with Gasteiger partial charge in [-0.3, -0.25) is 9.36 Å². The van der Waals surface area contributed by atoms with Crippen molar-refractivity contribution in [2.45, 2.75) is 44.3 Å². The largest absolute Gasteiger partial charge is 0.335 e. The highest BCUT2D eigenvalue weighted by atomic mass is 32.2. The Balaban J connectivity index is 1.48. The Morgan fingerprint density at radius 2 is 1.97 bits per heavy atom. The molecular weight excluding hydrogens is 380 g/mol. The van der Waals surface area contributed by atoms with E-state index < -0.39 is 0 Å². The molecule has 1 saturated heterocycles. The van der Waals surface area contributed by atoms with Crippen LogP contribution in [-0.2, 0) is 11.2 Å². The molecule has 0 saturated carbocycles. The third-order valence-corrected chi connectivity index (χ3v) is 6.52. The van der Waals surface area contributed by atoms with E-state index in [1.165, 1.54) is 28.5 Å². The van der Waals surface area contributed by atoms with Crippen LogP contribution in [-0.4, -0.2) is 37.9 Å². The minimum absolute atomic E-state index is 0.166. The quantitative estimate of drug-likeness (QED) is 0.562. The number of hydrogen-bond acceptors (Lipinski definition) is 4. The van der Waals surface area contributed by atoms with Crippen molar-refractivity contribution < 1.29 is 4.79 Å². The number of amides is 1. The number of para-hydroxylation sites is 1. The van der Waals surface area contributed by atoms with E-state index in [1.54, 1.807) is 6.33 Å². The van der Waals surface area contributed by atoms with Crippen LogP contribution in [0.15, 0.2) is 60.0 Å². The summed E-state index contributed by atoms with van der Waals surface area (Å²) < 4.78 is 1.99. The smallest absolute Gasteiger partial charge is 0.233 e. The number of likely N-dealkylation sites (tertiary alicyclic amines) is 1. The highest BCUT2D eigenvalue weighted by Gasteiger charge is 2.30. The normalized spacial score (nSPS) is 16.3. The minimum Gasteiger partial charge on any atom is -0.335 e. The summed E-state index contributed by atoms with van der Waals surface area (Å²) in [7, 11) is 0. The number of carbonyl (C=O) groups excluding carboxylic acids is 1. The van der Waals surface area contributed by atoms with Crippen LogP contribution in [0.4, 0.5) is 0 Å². The van der Waals surface area contributed by atoms with Gasteiger partial charge in [0.25, 0.3) is 0 Å². The molecule has 2 heterocycles. The summed E-state index contributed by atoms with van der Waals surface area (Å²) in [5, 5.41) is 9.11. The fourth-order valence-corrected chi connectivity index (χ4v) is 4.90. The molecule has 1 aromatic heterocycles. The average molecular weight is 407 g/mol. The molecule has 3 aromatic rings. The van der Waals surface area contributed by atoms with Crippen molar-refractivity contribution >= 4 is 17.7 Å². The number of aryl methyl sites for hydroxylation is 2. The third kappa shape index (κ3) is 4.08. The van der Waals surface area contributed by atoms with Crippen LogP contribution < -0.4 is 0 Å². The lowest BCUT2D eigenvalue weighted by Crippen LogP contribution is -2.32. The van der Waals surface area contributed by atoms with E-state index >= 15 is 0 Å². The first-order valence-corrected chi connectivity index (χ1v) is 11.1. The zero-order valence-electron chi connectivity index (χ0n) is 16.9. The molecule has 1 amide bonds. The Morgan fingerprint density at radius 1 is 1.17 bits per heavy atom. The van der Waals surface area contributed by atoms with Gasteiger partial charge >= 0.3 is 0 Å². The maximum Gasteiger partial charge on any atom is 0.233 e. The second kappa shape index (κ2) is 8.82. The second-order valence-corrected chi connectivity index (χ2v) is 8.30. The van der Waals surface area contributed by atoms with Gasteiger partial charge in [0.05, 0.1) is 17.5 Å². The molecule has 4 rings (SSSR count). The molecule has 1 aliphatic rings. The summed E-state index contributed by atoms with van der Waals surface area (Å²) in [6.45, 7) is 5.08.